The number of aromatic hydroxyl groups is 1. The number of nitrogens with one attached hydrogen (secondary N) is 2. The summed E-state index contributed by atoms with van der Waals surface area (Å²) in [5.41, 5.74) is 0.237. The van der Waals surface area contributed by atoms with Crippen LogP contribution in [0, 0.1) is 0 Å². The number of hydrogen-bond donors (Lipinski definition) is 4. The van der Waals surface area contributed by atoms with E-state index in [1.54, 1.807) is 24.3 Å². The van der Waals surface area contributed by atoms with Crippen molar-refractivity contribution in [2.45, 2.75) is 0 Å². The maximum absolute atomic E-state index is 11.9. The number of benzene rings is 2. The van der Waals surface area contributed by atoms with Crippen LogP contribution in [0.25, 0.3) is 0 Å². The van der Waals surface area contributed by atoms with E-state index in [0.29, 0.717) is 10.7 Å². The number of halogens is 1. The van der Waals surface area contributed by atoms with Gasteiger partial charge in [-0.1, -0.05) is 23.7 Å². The number of carboxylic acids is 1. The van der Waals surface area contributed by atoms with Crippen LogP contribution in [0.3, 0.4) is 0 Å². The highest BCUT2D eigenvalue weighted by atomic mass is 35.5. The van der Waals surface area contributed by atoms with E-state index in [9.17, 15) is 14.7 Å². The van der Waals surface area contributed by atoms with Gasteiger partial charge in [0.15, 0.2) is 0 Å². The maximum Gasteiger partial charge on any atom is 0.337 e. The smallest absolute Gasteiger partial charge is 0.337 e. The summed E-state index contributed by atoms with van der Waals surface area (Å²) in [6.07, 6.45) is 0. The minimum Gasteiger partial charge on any atom is -0.508 e. The summed E-state index contributed by atoms with van der Waals surface area (Å²) in [5, 5.41) is 23.6. The zero-order chi connectivity index (χ0) is 15.4. The monoisotopic (exact) mass is 306 g/mol. The van der Waals surface area contributed by atoms with Crippen LogP contribution >= 0.6 is 11.6 Å². The summed E-state index contributed by atoms with van der Waals surface area (Å²) < 4.78 is 0. The molecule has 7 heteroatoms. The number of para-hydroxylation sites is 1. The standard InChI is InChI=1S/C14H11ClN2O4/c15-10-3-1-2-4-12(10)17-14(21)16-11-6-5-8(18)7-9(11)13(19)20/h1-7,18H,(H,19,20)(H2,16,17,21). The van der Waals surface area contributed by atoms with Crippen molar-refractivity contribution in [3.05, 3.63) is 53.1 Å². The molecule has 0 aliphatic heterocycles. The SMILES string of the molecule is O=C(Nc1ccccc1Cl)Nc1ccc(O)cc1C(=O)O. The van der Waals surface area contributed by atoms with Crippen LogP contribution in [-0.2, 0) is 0 Å². The molecule has 0 aromatic heterocycles. The third-order valence-electron chi connectivity index (χ3n) is 2.60. The van der Waals surface area contributed by atoms with E-state index in [1.807, 2.05) is 0 Å². The lowest BCUT2D eigenvalue weighted by molar-refractivity contribution is 0.0697. The second kappa shape index (κ2) is 6.15. The quantitative estimate of drug-likeness (QED) is 0.653. The van der Waals surface area contributed by atoms with Gasteiger partial charge in [-0.3, -0.25) is 0 Å². The van der Waals surface area contributed by atoms with Crippen molar-refractivity contribution in [1.29, 1.82) is 0 Å². The molecule has 2 rings (SSSR count). The van der Waals surface area contributed by atoms with Gasteiger partial charge in [-0.25, -0.2) is 9.59 Å². The summed E-state index contributed by atoms with van der Waals surface area (Å²) in [5.74, 6) is -1.47. The topological polar surface area (TPSA) is 98.7 Å². The molecule has 0 aliphatic carbocycles. The van der Waals surface area contributed by atoms with Crippen molar-refractivity contribution >= 4 is 35.0 Å². The summed E-state index contributed by atoms with van der Waals surface area (Å²) >= 11 is 5.90. The summed E-state index contributed by atoms with van der Waals surface area (Å²) in [7, 11) is 0. The molecular weight excluding hydrogens is 296 g/mol. The molecule has 0 radical (unpaired) electrons. The number of carbonyl (C=O) groups excluding carboxylic acids is 1. The average molecular weight is 307 g/mol. The first kappa shape index (κ1) is 14.7. The van der Waals surface area contributed by atoms with Crippen LogP contribution in [0.1, 0.15) is 10.4 Å². The minimum absolute atomic E-state index is 0.0600. The zero-order valence-corrected chi connectivity index (χ0v) is 11.4. The normalized spacial score (nSPS) is 9.95. The van der Waals surface area contributed by atoms with Gasteiger partial charge < -0.3 is 20.8 Å². The second-order valence-corrected chi connectivity index (χ2v) is 4.50. The van der Waals surface area contributed by atoms with Crippen molar-refractivity contribution in [2.24, 2.45) is 0 Å². The van der Waals surface area contributed by atoms with Gasteiger partial charge in [0.2, 0.25) is 0 Å². The first-order valence-corrected chi connectivity index (χ1v) is 6.24. The van der Waals surface area contributed by atoms with Crippen molar-refractivity contribution in [3.8, 4) is 5.75 Å². The lowest BCUT2D eigenvalue weighted by Gasteiger charge is -2.11. The number of urea groups is 1. The van der Waals surface area contributed by atoms with Gasteiger partial charge in [-0.15, -0.1) is 0 Å². The summed E-state index contributed by atoms with van der Waals surface area (Å²) in [4.78, 5) is 22.9. The summed E-state index contributed by atoms with van der Waals surface area (Å²) in [6.45, 7) is 0. The van der Waals surface area contributed by atoms with Gasteiger partial charge in [-0.05, 0) is 30.3 Å². The van der Waals surface area contributed by atoms with Crippen LogP contribution in [0.4, 0.5) is 16.2 Å². The number of carboxylic acid groups (broad SMARTS) is 1. The Labute approximate surface area is 125 Å². The third kappa shape index (κ3) is 3.64. The number of anilines is 2. The van der Waals surface area contributed by atoms with E-state index in [1.165, 1.54) is 12.1 Å². The highest BCUT2D eigenvalue weighted by Crippen LogP contribution is 2.23. The molecule has 0 atom stereocenters. The molecule has 0 saturated carbocycles. The predicted octanol–water partition coefficient (Wildman–Crippen LogP) is 3.39. The number of carbonyl (C=O) groups is 2. The number of rotatable bonds is 3. The van der Waals surface area contributed by atoms with E-state index in [-0.39, 0.29) is 17.0 Å². The molecule has 6 nitrogen and oxygen atoms in total. The number of phenols is 1. The Morgan fingerprint density at radius 1 is 1.00 bits per heavy atom. The van der Waals surface area contributed by atoms with Gasteiger partial charge in [0.25, 0.3) is 0 Å². The first-order chi connectivity index (χ1) is 9.97. The van der Waals surface area contributed by atoms with Crippen molar-refractivity contribution in [2.75, 3.05) is 10.6 Å². The highest BCUT2D eigenvalue weighted by Gasteiger charge is 2.14. The highest BCUT2D eigenvalue weighted by molar-refractivity contribution is 6.33. The fourth-order valence-electron chi connectivity index (χ4n) is 1.66. The van der Waals surface area contributed by atoms with E-state index >= 15 is 0 Å². The first-order valence-electron chi connectivity index (χ1n) is 5.86. The van der Waals surface area contributed by atoms with Gasteiger partial charge >= 0.3 is 12.0 Å². The molecule has 2 amide bonds. The third-order valence-corrected chi connectivity index (χ3v) is 2.93. The Balaban J connectivity index is 2.17. The Morgan fingerprint density at radius 3 is 2.33 bits per heavy atom. The summed E-state index contributed by atoms with van der Waals surface area (Å²) in [6, 6.07) is 9.61. The molecule has 0 unspecified atom stereocenters. The van der Waals surface area contributed by atoms with Gasteiger partial charge in [0.05, 0.1) is 22.0 Å². The van der Waals surface area contributed by atoms with Crippen LogP contribution < -0.4 is 10.6 Å². The number of aromatic carboxylic acids is 1. The second-order valence-electron chi connectivity index (χ2n) is 4.09. The molecule has 21 heavy (non-hydrogen) atoms. The van der Waals surface area contributed by atoms with E-state index in [0.717, 1.165) is 6.07 Å². The molecule has 0 spiro atoms. The van der Waals surface area contributed by atoms with Gasteiger partial charge in [0, 0.05) is 0 Å². The molecule has 0 fully saturated rings. The van der Waals surface area contributed by atoms with Crippen LogP contribution in [-0.4, -0.2) is 22.2 Å². The Hall–Kier alpha value is -2.73. The Morgan fingerprint density at radius 2 is 1.67 bits per heavy atom. The molecule has 108 valence electrons. The Kier molecular flexibility index (Phi) is 4.30. The van der Waals surface area contributed by atoms with Crippen LogP contribution in [0.5, 0.6) is 5.75 Å². The average Bonchev–Trinajstić information content (AvgIpc) is 2.43. The predicted molar refractivity (Wildman–Crippen MR) is 79.2 cm³/mol. The van der Waals surface area contributed by atoms with E-state index in [4.69, 9.17) is 16.7 Å². The van der Waals surface area contributed by atoms with Crippen molar-refractivity contribution < 1.29 is 19.8 Å². The zero-order valence-electron chi connectivity index (χ0n) is 10.6. The molecular formula is C14H11ClN2O4. The molecule has 0 heterocycles. The molecule has 0 aliphatic rings. The molecule has 0 saturated heterocycles. The van der Waals surface area contributed by atoms with Gasteiger partial charge in [0.1, 0.15) is 5.75 Å². The fourth-order valence-corrected chi connectivity index (χ4v) is 1.84. The van der Waals surface area contributed by atoms with Crippen molar-refractivity contribution in [3.63, 3.8) is 0 Å². The lowest BCUT2D eigenvalue weighted by atomic mass is 10.1. The molecule has 0 bridgehead atoms. The van der Waals surface area contributed by atoms with Crippen LogP contribution in [0.15, 0.2) is 42.5 Å². The van der Waals surface area contributed by atoms with E-state index in [2.05, 4.69) is 10.6 Å². The molecule has 4 N–H and O–H groups in total. The Bertz CT molecular complexity index is 703. The number of hydrogen-bond acceptors (Lipinski definition) is 3. The maximum atomic E-state index is 11.9. The molecule has 2 aromatic carbocycles. The minimum atomic E-state index is -1.26. The van der Waals surface area contributed by atoms with Crippen LogP contribution in [0.2, 0.25) is 5.02 Å². The number of phenolic OH excluding ortho intramolecular Hbond substituents is 1. The largest absolute Gasteiger partial charge is 0.508 e. The lowest BCUT2D eigenvalue weighted by Crippen LogP contribution is -2.21. The van der Waals surface area contributed by atoms with Gasteiger partial charge in [-0.2, -0.15) is 0 Å². The van der Waals surface area contributed by atoms with Crippen molar-refractivity contribution in [1.82, 2.24) is 0 Å². The number of amides is 2. The van der Waals surface area contributed by atoms with E-state index < -0.39 is 12.0 Å². The fraction of sp³-hybridized carbons (Fsp3) is 0. The molecule has 2 aromatic rings.